The summed E-state index contributed by atoms with van der Waals surface area (Å²) < 4.78 is 15.5. The highest BCUT2D eigenvalue weighted by molar-refractivity contribution is 7.99. The molecule has 0 unspecified atom stereocenters. The highest BCUT2D eigenvalue weighted by Crippen LogP contribution is 2.34. The van der Waals surface area contributed by atoms with Gasteiger partial charge in [0.15, 0.2) is 5.16 Å². The summed E-state index contributed by atoms with van der Waals surface area (Å²) in [5.74, 6) is -2.03. The Labute approximate surface area is 111 Å². The van der Waals surface area contributed by atoms with Crippen molar-refractivity contribution in [3.05, 3.63) is 29.8 Å². The molecule has 19 heavy (non-hydrogen) atoms. The number of fused-ring (bicyclic) bond motifs is 1. The smallest absolute Gasteiger partial charge is 0.296 e. The number of aryl methyl sites for hydroxylation is 1. The molecule has 2 aromatic rings. The lowest BCUT2D eigenvalue weighted by molar-refractivity contribution is -0.112. The number of anilines is 1. The van der Waals surface area contributed by atoms with E-state index < -0.39 is 17.5 Å². The van der Waals surface area contributed by atoms with Gasteiger partial charge in [0, 0.05) is 7.05 Å². The van der Waals surface area contributed by atoms with Gasteiger partial charge in [-0.05, 0) is 23.9 Å². The van der Waals surface area contributed by atoms with Crippen molar-refractivity contribution >= 4 is 29.1 Å². The van der Waals surface area contributed by atoms with Gasteiger partial charge in [0.25, 0.3) is 11.7 Å². The summed E-state index contributed by atoms with van der Waals surface area (Å²) in [5.41, 5.74) is 0.380. The number of Topliss-reactive ketones (excluding diaryl/α,β-unsaturated/α-hetero) is 1. The summed E-state index contributed by atoms with van der Waals surface area (Å²) in [4.78, 5) is 22.9. The van der Waals surface area contributed by atoms with Crippen LogP contribution in [0.3, 0.4) is 0 Å². The Morgan fingerprint density at radius 3 is 2.84 bits per heavy atom. The first-order valence-corrected chi connectivity index (χ1v) is 6.09. The van der Waals surface area contributed by atoms with Gasteiger partial charge in [0.2, 0.25) is 0 Å². The molecule has 0 atom stereocenters. The van der Waals surface area contributed by atoms with E-state index >= 15 is 0 Å². The average Bonchev–Trinajstić information content (AvgIpc) is 2.88. The molecule has 1 amide bonds. The number of nitrogens with one attached hydrogen (secondary N) is 1. The summed E-state index contributed by atoms with van der Waals surface area (Å²) in [6.45, 7) is 0. The van der Waals surface area contributed by atoms with E-state index in [0.29, 0.717) is 10.8 Å². The van der Waals surface area contributed by atoms with Gasteiger partial charge in [-0.25, -0.2) is 4.39 Å². The number of rotatable bonds is 2. The number of halogens is 1. The normalized spacial score (nSPS) is 13.6. The predicted molar refractivity (Wildman–Crippen MR) is 64.5 cm³/mol. The van der Waals surface area contributed by atoms with Crippen molar-refractivity contribution in [3.8, 4) is 0 Å². The number of nitrogens with zero attached hydrogens (tertiary/aromatic N) is 3. The molecule has 0 bridgehead atoms. The molecule has 0 saturated carbocycles. The monoisotopic (exact) mass is 278 g/mol. The number of carbonyl (C=O) groups excluding carboxylic acids is 2. The first-order valence-electron chi connectivity index (χ1n) is 5.27. The van der Waals surface area contributed by atoms with Crippen LogP contribution in [-0.2, 0) is 11.8 Å². The maximum Gasteiger partial charge on any atom is 0.296 e. The van der Waals surface area contributed by atoms with Crippen molar-refractivity contribution in [2.24, 2.45) is 7.05 Å². The third-order valence-electron chi connectivity index (χ3n) is 2.64. The summed E-state index contributed by atoms with van der Waals surface area (Å²) in [6.07, 6.45) is 1.50. The highest BCUT2D eigenvalue weighted by atomic mass is 32.2. The first kappa shape index (κ1) is 11.8. The van der Waals surface area contributed by atoms with Crippen LogP contribution < -0.4 is 5.32 Å². The van der Waals surface area contributed by atoms with E-state index in [-0.39, 0.29) is 10.5 Å². The van der Waals surface area contributed by atoms with Crippen LogP contribution in [0.2, 0.25) is 0 Å². The molecule has 96 valence electrons. The lowest BCUT2D eigenvalue weighted by Crippen LogP contribution is -2.12. The van der Waals surface area contributed by atoms with Crippen LogP contribution in [0.1, 0.15) is 10.4 Å². The molecule has 3 rings (SSSR count). The SMILES string of the molecule is Cn1cnnc1Sc1cc2c(cc1F)C(=O)C(=O)N2. The second kappa shape index (κ2) is 4.16. The van der Waals surface area contributed by atoms with E-state index in [1.54, 1.807) is 11.6 Å². The molecule has 1 aliphatic heterocycles. The molecular formula is C11H7FN4O2S. The van der Waals surface area contributed by atoms with Crippen molar-refractivity contribution in [3.63, 3.8) is 0 Å². The van der Waals surface area contributed by atoms with Crippen molar-refractivity contribution in [2.75, 3.05) is 5.32 Å². The standard InChI is InChI=1S/C11H7FN4O2S/c1-16-4-13-15-11(16)19-8-3-7-5(2-6(8)12)9(17)10(18)14-7/h2-4H,1H3,(H,14,17,18). The molecule has 1 aliphatic rings. The molecule has 0 radical (unpaired) electrons. The van der Waals surface area contributed by atoms with Gasteiger partial charge in [0.1, 0.15) is 12.1 Å². The van der Waals surface area contributed by atoms with Gasteiger partial charge in [0.05, 0.1) is 16.1 Å². The molecular weight excluding hydrogens is 271 g/mol. The van der Waals surface area contributed by atoms with Gasteiger partial charge in [-0.15, -0.1) is 10.2 Å². The van der Waals surface area contributed by atoms with Gasteiger partial charge < -0.3 is 9.88 Å². The molecule has 2 heterocycles. The van der Waals surface area contributed by atoms with Gasteiger partial charge >= 0.3 is 0 Å². The number of benzene rings is 1. The maximum atomic E-state index is 13.9. The number of amides is 1. The Morgan fingerprint density at radius 1 is 1.37 bits per heavy atom. The fourth-order valence-electron chi connectivity index (χ4n) is 1.69. The Morgan fingerprint density at radius 2 is 2.16 bits per heavy atom. The Hall–Kier alpha value is -2.22. The lowest BCUT2D eigenvalue weighted by atomic mass is 10.1. The largest absolute Gasteiger partial charge is 0.318 e. The highest BCUT2D eigenvalue weighted by Gasteiger charge is 2.29. The average molecular weight is 278 g/mol. The van der Waals surface area contributed by atoms with E-state index in [0.717, 1.165) is 17.8 Å². The third kappa shape index (κ3) is 1.89. The first-order chi connectivity index (χ1) is 9.06. The van der Waals surface area contributed by atoms with Crippen molar-refractivity contribution in [1.29, 1.82) is 0 Å². The van der Waals surface area contributed by atoms with Gasteiger partial charge in [-0.2, -0.15) is 0 Å². The number of aromatic nitrogens is 3. The molecule has 0 spiro atoms. The minimum atomic E-state index is -0.741. The summed E-state index contributed by atoms with van der Waals surface area (Å²) >= 11 is 1.07. The zero-order valence-corrected chi connectivity index (χ0v) is 10.5. The lowest BCUT2D eigenvalue weighted by Gasteiger charge is -2.04. The van der Waals surface area contributed by atoms with Crippen LogP contribution in [0.4, 0.5) is 10.1 Å². The van der Waals surface area contributed by atoms with E-state index in [4.69, 9.17) is 0 Å². The molecule has 8 heteroatoms. The fourth-order valence-corrected chi connectivity index (χ4v) is 2.50. The topological polar surface area (TPSA) is 76.9 Å². The fraction of sp³-hybridized carbons (Fsp3) is 0.0909. The van der Waals surface area contributed by atoms with Crippen molar-refractivity contribution in [1.82, 2.24) is 14.8 Å². The molecule has 0 saturated heterocycles. The Bertz CT molecular complexity index is 713. The van der Waals surface area contributed by atoms with E-state index in [2.05, 4.69) is 15.5 Å². The number of hydrogen-bond acceptors (Lipinski definition) is 5. The minimum Gasteiger partial charge on any atom is -0.318 e. The Balaban J connectivity index is 2.01. The van der Waals surface area contributed by atoms with E-state index in [1.165, 1.54) is 12.4 Å². The van der Waals surface area contributed by atoms with E-state index in [9.17, 15) is 14.0 Å². The Kier molecular flexibility index (Phi) is 2.59. The van der Waals surface area contributed by atoms with Gasteiger partial charge in [-0.3, -0.25) is 9.59 Å². The quantitative estimate of drug-likeness (QED) is 0.836. The summed E-state index contributed by atoms with van der Waals surface area (Å²) in [5, 5.41) is 10.4. The van der Waals surface area contributed by atoms with Crippen molar-refractivity contribution < 1.29 is 14.0 Å². The molecule has 0 fully saturated rings. The number of carbonyl (C=O) groups is 2. The van der Waals surface area contributed by atoms with Crippen LogP contribution in [0.5, 0.6) is 0 Å². The summed E-state index contributed by atoms with van der Waals surface area (Å²) in [6, 6.07) is 2.49. The number of hydrogen-bond donors (Lipinski definition) is 1. The van der Waals surface area contributed by atoms with Crippen LogP contribution in [0, 0.1) is 5.82 Å². The van der Waals surface area contributed by atoms with Crippen LogP contribution in [-0.4, -0.2) is 26.5 Å². The second-order valence-electron chi connectivity index (χ2n) is 3.94. The summed E-state index contributed by atoms with van der Waals surface area (Å²) in [7, 11) is 1.74. The molecule has 1 aromatic carbocycles. The van der Waals surface area contributed by atoms with Crippen LogP contribution in [0.25, 0.3) is 0 Å². The zero-order chi connectivity index (χ0) is 13.6. The van der Waals surface area contributed by atoms with Crippen molar-refractivity contribution in [2.45, 2.75) is 10.1 Å². The van der Waals surface area contributed by atoms with Crippen LogP contribution in [0.15, 0.2) is 28.5 Å². The second-order valence-corrected chi connectivity index (χ2v) is 4.95. The predicted octanol–water partition coefficient (Wildman–Crippen LogP) is 1.24. The zero-order valence-electron chi connectivity index (χ0n) is 9.68. The molecule has 0 aliphatic carbocycles. The number of ketones is 1. The third-order valence-corrected chi connectivity index (χ3v) is 3.73. The van der Waals surface area contributed by atoms with Crippen LogP contribution >= 0.6 is 11.8 Å². The maximum absolute atomic E-state index is 13.9. The van der Waals surface area contributed by atoms with Gasteiger partial charge in [-0.1, -0.05) is 0 Å². The van der Waals surface area contributed by atoms with E-state index in [1.807, 2.05) is 0 Å². The molecule has 1 N–H and O–H groups in total. The molecule has 6 nitrogen and oxygen atoms in total. The minimum absolute atomic E-state index is 0.0600. The molecule has 1 aromatic heterocycles.